The number of rotatable bonds is 8. The van der Waals surface area contributed by atoms with Crippen molar-refractivity contribution in [3.8, 4) is 23.2 Å². The van der Waals surface area contributed by atoms with Crippen LogP contribution in [0, 0.1) is 34.2 Å². The smallest absolute Gasteiger partial charge is 0.335 e. The Hall–Kier alpha value is -4.73. The van der Waals surface area contributed by atoms with Gasteiger partial charge in [0, 0.05) is 33.5 Å². The zero-order valence-corrected chi connectivity index (χ0v) is 26.2. The molecule has 0 aliphatic carbocycles. The van der Waals surface area contributed by atoms with Gasteiger partial charge in [0.25, 0.3) is 0 Å². The van der Waals surface area contributed by atoms with Gasteiger partial charge in [-0.2, -0.15) is 5.26 Å². The molecule has 1 N–H and O–H groups in total. The summed E-state index contributed by atoms with van der Waals surface area (Å²) < 4.78 is 59.3. The summed E-state index contributed by atoms with van der Waals surface area (Å²) in [5.41, 5.74) is 1.22. The summed E-state index contributed by atoms with van der Waals surface area (Å²) in [7, 11) is 0. The Bertz CT molecular complexity index is 2060. The summed E-state index contributed by atoms with van der Waals surface area (Å²) in [6.07, 6.45) is -0.0775. The molecule has 8 nitrogen and oxygen atoms in total. The topological polar surface area (TPSA) is 110 Å². The standard InChI is InChI=1S/C34H26BrF3N4O4/c1-34(2)17-45-16-29(34)42-28-11-21(33(43)44)9-23(35)32(28)41-30(42)12-20-10-26(38)22(13-25(20)37)27-4-3-5-31(40-27)46-15-19-7-6-18(14-39)8-24(19)36/h3-11,13,29H,12,15-17H2,1-2H3,(H,43,44). The molecular weight excluding hydrogens is 665 g/mol. The van der Waals surface area contributed by atoms with Gasteiger partial charge in [0.2, 0.25) is 5.88 Å². The number of hydrogen-bond donors (Lipinski definition) is 1. The molecule has 12 heteroatoms. The van der Waals surface area contributed by atoms with E-state index in [1.807, 2.05) is 24.5 Å². The highest BCUT2D eigenvalue weighted by Gasteiger charge is 2.39. The van der Waals surface area contributed by atoms with Crippen LogP contribution in [-0.4, -0.2) is 38.8 Å². The number of aromatic nitrogens is 3. The van der Waals surface area contributed by atoms with Crippen molar-refractivity contribution in [3.63, 3.8) is 0 Å². The molecule has 0 amide bonds. The van der Waals surface area contributed by atoms with Crippen molar-refractivity contribution in [3.05, 3.63) is 111 Å². The minimum Gasteiger partial charge on any atom is -0.478 e. The SMILES string of the molecule is CC1(C)COCC1n1c(Cc2cc(F)c(-c3cccc(OCc4ccc(C#N)cc4F)n3)cc2F)nc2c(Br)cc(C(=O)O)cc21. The summed E-state index contributed by atoms with van der Waals surface area (Å²) in [6.45, 7) is 4.68. The summed E-state index contributed by atoms with van der Waals surface area (Å²) in [6, 6.07) is 15.4. The second-order valence-electron chi connectivity index (χ2n) is 11.7. The predicted molar refractivity (Wildman–Crippen MR) is 166 cm³/mol. The highest BCUT2D eigenvalue weighted by molar-refractivity contribution is 9.10. The van der Waals surface area contributed by atoms with Gasteiger partial charge in [0.1, 0.15) is 35.4 Å². The fraction of sp³-hybridized carbons (Fsp3) is 0.235. The predicted octanol–water partition coefficient (Wildman–Crippen LogP) is 7.62. The van der Waals surface area contributed by atoms with E-state index in [9.17, 15) is 14.3 Å². The Labute approximate surface area is 270 Å². The van der Waals surface area contributed by atoms with E-state index in [0.29, 0.717) is 34.5 Å². The Kier molecular flexibility index (Phi) is 8.31. The average molecular weight is 692 g/mol. The number of carboxylic acid groups (broad SMARTS) is 1. The van der Waals surface area contributed by atoms with E-state index in [4.69, 9.17) is 19.7 Å². The maximum atomic E-state index is 15.7. The van der Waals surface area contributed by atoms with Crippen molar-refractivity contribution >= 4 is 32.9 Å². The number of imidazole rings is 1. The Morgan fingerprint density at radius 3 is 2.57 bits per heavy atom. The lowest BCUT2D eigenvalue weighted by molar-refractivity contribution is 0.0697. The van der Waals surface area contributed by atoms with Crippen LogP contribution in [0.1, 0.15) is 52.8 Å². The van der Waals surface area contributed by atoms with Crippen LogP contribution in [-0.2, 0) is 17.8 Å². The van der Waals surface area contributed by atoms with Crippen LogP contribution in [0.25, 0.3) is 22.3 Å². The molecule has 0 radical (unpaired) electrons. The number of halogens is 4. The molecule has 1 aliphatic rings. The van der Waals surface area contributed by atoms with Crippen LogP contribution >= 0.6 is 15.9 Å². The lowest BCUT2D eigenvalue weighted by Crippen LogP contribution is -2.27. The molecule has 3 aromatic carbocycles. The first-order valence-electron chi connectivity index (χ1n) is 14.2. The molecule has 0 bridgehead atoms. The molecule has 2 aromatic heterocycles. The van der Waals surface area contributed by atoms with Crippen LogP contribution in [0.3, 0.4) is 0 Å². The first kappa shape index (κ1) is 31.3. The number of hydrogen-bond acceptors (Lipinski definition) is 6. The number of benzene rings is 3. The fourth-order valence-corrected chi connectivity index (χ4v) is 6.14. The molecule has 1 unspecified atom stereocenters. The Morgan fingerprint density at radius 1 is 1.09 bits per heavy atom. The lowest BCUT2D eigenvalue weighted by Gasteiger charge is -2.28. The summed E-state index contributed by atoms with van der Waals surface area (Å²) >= 11 is 3.44. The highest BCUT2D eigenvalue weighted by atomic mass is 79.9. The minimum atomic E-state index is -1.10. The third kappa shape index (κ3) is 5.96. The number of pyridine rings is 1. The summed E-state index contributed by atoms with van der Waals surface area (Å²) in [4.78, 5) is 20.9. The number of carbonyl (C=O) groups is 1. The van der Waals surface area contributed by atoms with Crippen LogP contribution in [0.4, 0.5) is 13.2 Å². The zero-order valence-electron chi connectivity index (χ0n) is 24.7. The van der Waals surface area contributed by atoms with Crippen molar-refractivity contribution in [1.82, 2.24) is 14.5 Å². The van der Waals surface area contributed by atoms with E-state index in [1.165, 1.54) is 36.4 Å². The molecule has 1 aliphatic heterocycles. The number of ether oxygens (including phenoxy) is 2. The summed E-state index contributed by atoms with van der Waals surface area (Å²) in [5.74, 6) is -2.61. The van der Waals surface area contributed by atoms with Gasteiger partial charge in [-0.05, 0) is 64.0 Å². The molecule has 46 heavy (non-hydrogen) atoms. The van der Waals surface area contributed by atoms with Crippen molar-refractivity contribution in [2.24, 2.45) is 5.41 Å². The molecule has 234 valence electrons. The van der Waals surface area contributed by atoms with Gasteiger partial charge in [0.15, 0.2) is 0 Å². The first-order chi connectivity index (χ1) is 21.9. The number of carboxylic acids is 1. The lowest BCUT2D eigenvalue weighted by atomic mass is 9.87. The number of fused-ring (bicyclic) bond motifs is 1. The molecule has 0 spiro atoms. The van der Waals surface area contributed by atoms with E-state index >= 15 is 8.78 Å². The molecule has 0 saturated carbocycles. The minimum absolute atomic E-state index is 0.0489. The maximum Gasteiger partial charge on any atom is 0.335 e. The van der Waals surface area contributed by atoms with Crippen molar-refractivity contribution in [2.45, 2.75) is 32.9 Å². The van der Waals surface area contributed by atoms with E-state index in [2.05, 4.69) is 20.9 Å². The largest absolute Gasteiger partial charge is 0.478 e. The molecule has 1 atom stereocenters. The Balaban J connectivity index is 1.32. The number of nitriles is 1. The van der Waals surface area contributed by atoms with Gasteiger partial charge in [-0.1, -0.05) is 26.0 Å². The second kappa shape index (κ2) is 12.2. The monoisotopic (exact) mass is 690 g/mol. The maximum absolute atomic E-state index is 15.7. The van der Waals surface area contributed by atoms with Gasteiger partial charge in [-0.15, -0.1) is 0 Å². The van der Waals surface area contributed by atoms with Crippen LogP contribution in [0.15, 0.2) is 65.1 Å². The number of nitrogens with zero attached hydrogens (tertiary/aromatic N) is 4. The van der Waals surface area contributed by atoms with Crippen LogP contribution in [0.2, 0.25) is 0 Å². The highest BCUT2D eigenvalue weighted by Crippen LogP contribution is 2.41. The third-order valence-electron chi connectivity index (χ3n) is 8.07. The molecule has 5 aromatic rings. The molecule has 1 saturated heterocycles. The molecule has 3 heterocycles. The van der Waals surface area contributed by atoms with Gasteiger partial charge < -0.3 is 19.1 Å². The molecule has 6 rings (SSSR count). The third-order valence-corrected chi connectivity index (χ3v) is 8.68. The normalized spacial score (nSPS) is 15.6. The van der Waals surface area contributed by atoms with Gasteiger partial charge in [0.05, 0.1) is 47.7 Å². The average Bonchev–Trinajstić information content (AvgIpc) is 3.56. The summed E-state index contributed by atoms with van der Waals surface area (Å²) in [5, 5.41) is 18.6. The van der Waals surface area contributed by atoms with Crippen LogP contribution < -0.4 is 4.74 Å². The Morgan fingerprint density at radius 2 is 1.87 bits per heavy atom. The fourth-order valence-electron chi connectivity index (χ4n) is 5.60. The van der Waals surface area contributed by atoms with Crippen molar-refractivity contribution < 1.29 is 32.5 Å². The van der Waals surface area contributed by atoms with Gasteiger partial charge in [-0.3, -0.25) is 0 Å². The van der Waals surface area contributed by atoms with Gasteiger partial charge >= 0.3 is 5.97 Å². The van der Waals surface area contributed by atoms with E-state index < -0.39 is 23.4 Å². The second-order valence-corrected chi connectivity index (χ2v) is 12.6. The molecule has 1 fully saturated rings. The van der Waals surface area contributed by atoms with Crippen molar-refractivity contribution in [2.75, 3.05) is 13.2 Å². The van der Waals surface area contributed by atoms with E-state index in [1.54, 1.807) is 6.07 Å². The van der Waals surface area contributed by atoms with Gasteiger partial charge in [-0.25, -0.2) is 27.9 Å². The van der Waals surface area contributed by atoms with Crippen molar-refractivity contribution in [1.29, 1.82) is 5.26 Å². The van der Waals surface area contributed by atoms with E-state index in [-0.39, 0.29) is 63.9 Å². The molecular formula is C34H26BrF3N4O4. The van der Waals surface area contributed by atoms with Crippen LogP contribution in [0.5, 0.6) is 5.88 Å². The van der Waals surface area contributed by atoms with E-state index in [0.717, 1.165) is 18.2 Å². The quantitative estimate of drug-likeness (QED) is 0.178. The zero-order chi connectivity index (χ0) is 32.7. The first-order valence-corrected chi connectivity index (χ1v) is 15.0. The number of aromatic carboxylic acids is 1.